The third-order valence-electron chi connectivity index (χ3n) is 5.16. The van der Waals surface area contributed by atoms with Crippen LogP contribution >= 0.6 is 23.4 Å². The molecule has 4 rings (SSSR count). The van der Waals surface area contributed by atoms with E-state index in [2.05, 4.69) is 36.2 Å². The van der Waals surface area contributed by atoms with Crippen molar-refractivity contribution >= 4 is 35.3 Å². The smallest absolute Gasteiger partial charge is 0.328 e. The summed E-state index contributed by atoms with van der Waals surface area (Å²) >= 11 is 8.23. The number of hydrogen-bond donors (Lipinski definition) is 2. The zero-order chi connectivity index (χ0) is 22.4. The molecule has 6 nitrogen and oxygen atoms in total. The van der Waals surface area contributed by atoms with Crippen molar-refractivity contribution in [3.63, 3.8) is 0 Å². The van der Waals surface area contributed by atoms with Gasteiger partial charge in [-0.15, -0.1) is 11.8 Å². The fraction of sp³-hybridized carbons (Fsp3) is 0.304. The van der Waals surface area contributed by atoms with Crippen LogP contribution in [0.15, 0.2) is 59.5 Å². The van der Waals surface area contributed by atoms with E-state index in [0.717, 1.165) is 16.5 Å². The van der Waals surface area contributed by atoms with Gasteiger partial charge in [0, 0.05) is 28.0 Å². The van der Waals surface area contributed by atoms with E-state index in [4.69, 9.17) is 26.6 Å². The summed E-state index contributed by atoms with van der Waals surface area (Å²) in [6.07, 6.45) is 3.56. The highest BCUT2D eigenvalue weighted by Crippen LogP contribution is 2.53. The Bertz CT molecular complexity index is 956. The van der Waals surface area contributed by atoms with Crippen LogP contribution in [-0.2, 0) is 9.59 Å². The van der Waals surface area contributed by atoms with E-state index in [9.17, 15) is 9.59 Å². The molecule has 1 fully saturated rings. The summed E-state index contributed by atoms with van der Waals surface area (Å²) in [7, 11) is 2.21. The largest absolute Gasteiger partial charge is 0.478 e. The summed E-state index contributed by atoms with van der Waals surface area (Å²) in [6.45, 7) is 2.33. The number of rotatable bonds is 3. The Labute approximate surface area is 190 Å². The SMILES string of the molecule is CN1CCC(C2Sc3ccccc3Oc3ccc(Cl)cc32)CC1.O=C(O)/C=C\C(=O)O. The molecule has 1 atom stereocenters. The molecule has 0 amide bonds. The van der Waals surface area contributed by atoms with E-state index in [0.29, 0.717) is 23.3 Å². The van der Waals surface area contributed by atoms with Crippen molar-refractivity contribution in [3.05, 3.63) is 65.2 Å². The Morgan fingerprint density at radius 2 is 1.71 bits per heavy atom. The Hall–Kier alpha value is -2.48. The van der Waals surface area contributed by atoms with Gasteiger partial charge in [0.25, 0.3) is 0 Å². The van der Waals surface area contributed by atoms with Crippen molar-refractivity contribution in [2.75, 3.05) is 20.1 Å². The maximum Gasteiger partial charge on any atom is 0.328 e. The van der Waals surface area contributed by atoms with Gasteiger partial charge in [0.1, 0.15) is 11.5 Å². The summed E-state index contributed by atoms with van der Waals surface area (Å²) < 4.78 is 6.21. The molecular weight excluding hydrogens is 438 g/mol. The number of carbonyl (C=O) groups is 2. The molecule has 0 spiro atoms. The average Bonchev–Trinajstić information content (AvgIpc) is 2.90. The number of hydrogen-bond acceptors (Lipinski definition) is 5. The quantitative estimate of drug-likeness (QED) is 0.597. The molecule has 31 heavy (non-hydrogen) atoms. The van der Waals surface area contributed by atoms with Crippen LogP contribution in [0.4, 0.5) is 0 Å². The van der Waals surface area contributed by atoms with Gasteiger partial charge >= 0.3 is 11.9 Å². The second kappa shape index (κ2) is 10.7. The Morgan fingerprint density at radius 3 is 2.35 bits per heavy atom. The van der Waals surface area contributed by atoms with Crippen molar-refractivity contribution in [2.45, 2.75) is 23.0 Å². The highest BCUT2D eigenvalue weighted by atomic mass is 35.5. The minimum Gasteiger partial charge on any atom is -0.478 e. The van der Waals surface area contributed by atoms with E-state index in [1.165, 1.54) is 36.4 Å². The third kappa shape index (κ3) is 6.50. The Morgan fingerprint density at radius 1 is 1.06 bits per heavy atom. The van der Waals surface area contributed by atoms with Crippen molar-refractivity contribution in [1.82, 2.24) is 4.90 Å². The first-order valence-electron chi connectivity index (χ1n) is 9.89. The number of halogens is 1. The number of benzene rings is 2. The van der Waals surface area contributed by atoms with Gasteiger partial charge in [-0.3, -0.25) is 0 Å². The lowest BCUT2D eigenvalue weighted by Gasteiger charge is -2.34. The highest BCUT2D eigenvalue weighted by molar-refractivity contribution is 7.99. The maximum absolute atomic E-state index is 9.55. The number of likely N-dealkylation sites (tertiary alicyclic amines) is 1. The maximum atomic E-state index is 9.55. The van der Waals surface area contributed by atoms with Crippen LogP contribution in [-0.4, -0.2) is 47.2 Å². The molecule has 0 saturated carbocycles. The van der Waals surface area contributed by atoms with Crippen molar-refractivity contribution < 1.29 is 24.5 Å². The molecule has 2 N–H and O–H groups in total. The summed E-state index contributed by atoms with van der Waals surface area (Å²) in [5.41, 5.74) is 1.24. The number of piperidine rings is 1. The topological polar surface area (TPSA) is 87.1 Å². The molecule has 0 aromatic heterocycles. The van der Waals surface area contributed by atoms with E-state index in [1.807, 2.05) is 30.0 Å². The summed E-state index contributed by atoms with van der Waals surface area (Å²) in [4.78, 5) is 22.8. The lowest BCUT2D eigenvalue weighted by Crippen LogP contribution is -2.32. The molecule has 2 aliphatic rings. The summed E-state index contributed by atoms with van der Waals surface area (Å²) in [5.74, 6) is 0.0512. The first kappa shape index (κ1) is 23.2. The number of aliphatic carboxylic acids is 2. The highest BCUT2D eigenvalue weighted by Gasteiger charge is 2.32. The molecule has 2 heterocycles. The zero-order valence-electron chi connectivity index (χ0n) is 17.0. The summed E-state index contributed by atoms with van der Waals surface area (Å²) in [5, 5.41) is 16.8. The number of carboxylic acid groups (broad SMARTS) is 2. The average molecular weight is 462 g/mol. The molecule has 2 aliphatic heterocycles. The van der Waals surface area contributed by atoms with Crippen LogP contribution in [0.3, 0.4) is 0 Å². The van der Waals surface area contributed by atoms with Crippen molar-refractivity contribution in [1.29, 1.82) is 0 Å². The predicted molar refractivity (Wildman–Crippen MR) is 121 cm³/mol. The van der Waals surface area contributed by atoms with Crippen LogP contribution in [0.1, 0.15) is 23.7 Å². The number of carboxylic acids is 2. The standard InChI is InChI=1S/C19H20ClNOS.C4H4O4/c1-21-10-8-13(9-11-21)19-15-12-14(20)6-7-16(15)22-17-4-2-3-5-18(17)23-19;5-3(6)1-2-4(7)8/h2-7,12-13,19H,8-11H2,1H3;1-2H,(H,5,6)(H,7,8)/b;2-1-. The molecule has 8 heteroatoms. The molecule has 1 saturated heterocycles. The van der Waals surface area contributed by atoms with Gasteiger partial charge in [-0.25, -0.2) is 9.59 Å². The van der Waals surface area contributed by atoms with Crippen LogP contribution < -0.4 is 4.74 Å². The van der Waals surface area contributed by atoms with Gasteiger partial charge in [0.2, 0.25) is 0 Å². The Kier molecular flexibility index (Phi) is 8.01. The number of ether oxygens (including phenoxy) is 1. The molecule has 2 aromatic rings. The van der Waals surface area contributed by atoms with E-state index >= 15 is 0 Å². The van der Waals surface area contributed by atoms with Crippen molar-refractivity contribution in [3.8, 4) is 11.5 Å². The first-order chi connectivity index (χ1) is 14.8. The zero-order valence-corrected chi connectivity index (χ0v) is 18.6. The van der Waals surface area contributed by atoms with Gasteiger partial charge < -0.3 is 19.8 Å². The molecular formula is C23H24ClNO5S. The minimum absolute atomic E-state index is 0.404. The van der Waals surface area contributed by atoms with Crippen molar-refractivity contribution in [2.24, 2.45) is 5.92 Å². The second-order valence-corrected chi connectivity index (χ2v) is 9.04. The van der Waals surface area contributed by atoms with E-state index < -0.39 is 11.9 Å². The van der Waals surface area contributed by atoms with E-state index in [-0.39, 0.29) is 0 Å². The number of fused-ring (bicyclic) bond motifs is 2. The molecule has 0 aliphatic carbocycles. The van der Waals surface area contributed by atoms with Gasteiger partial charge in [-0.1, -0.05) is 23.7 Å². The van der Waals surface area contributed by atoms with E-state index in [1.54, 1.807) is 0 Å². The molecule has 0 bridgehead atoms. The van der Waals surface area contributed by atoms with Gasteiger partial charge in [-0.05, 0) is 69.2 Å². The fourth-order valence-corrected chi connectivity index (χ4v) is 5.22. The predicted octanol–water partition coefficient (Wildman–Crippen LogP) is 5.33. The van der Waals surface area contributed by atoms with Crippen LogP contribution in [0.25, 0.3) is 0 Å². The second-order valence-electron chi connectivity index (χ2n) is 7.42. The third-order valence-corrected chi connectivity index (χ3v) is 6.88. The molecule has 1 unspecified atom stereocenters. The summed E-state index contributed by atoms with van der Waals surface area (Å²) in [6, 6.07) is 14.4. The molecule has 0 radical (unpaired) electrons. The molecule has 164 valence electrons. The van der Waals surface area contributed by atoms with Gasteiger partial charge in [0.15, 0.2) is 0 Å². The lowest BCUT2D eigenvalue weighted by molar-refractivity contribution is -0.134. The monoisotopic (exact) mass is 461 g/mol. The Balaban J connectivity index is 0.000000293. The normalized spacial score (nSPS) is 18.7. The van der Waals surface area contributed by atoms with Crippen LogP contribution in [0.2, 0.25) is 5.02 Å². The lowest BCUT2D eigenvalue weighted by atomic mass is 9.89. The fourth-order valence-electron chi connectivity index (χ4n) is 3.61. The first-order valence-corrected chi connectivity index (χ1v) is 11.1. The van der Waals surface area contributed by atoms with Gasteiger partial charge in [0.05, 0.1) is 4.90 Å². The van der Waals surface area contributed by atoms with Gasteiger partial charge in [-0.2, -0.15) is 0 Å². The minimum atomic E-state index is -1.26. The molecule has 2 aromatic carbocycles. The number of thioether (sulfide) groups is 1. The number of para-hydroxylation sites is 1. The number of nitrogens with zero attached hydrogens (tertiary/aromatic N) is 1. The van der Waals surface area contributed by atoms with Crippen LogP contribution in [0, 0.1) is 5.92 Å². The van der Waals surface area contributed by atoms with Crippen LogP contribution in [0.5, 0.6) is 11.5 Å².